The molecule has 7 heteroatoms. The molecule has 2 aliphatic rings. The van der Waals surface area contributed by atoms with Crippen LogP contribution in [0.25, 0.3) is 10.2 Å². The molecule has 0 N–H and O–H groups in total. The third-order valence-corrected chi connectivity index (χ3v) is 5.76. The maximum absolute atomic E-state index is 12.1. The average molecular weight is 330 g/mol. The standard InChI is InChI=1S/C16H18N4O2S/c1-18-14(21)10-12(15(18)22)19-6-8-20(9-7-19)16-17-11-4-2-3-5-13(11)23-16/h2-5,12H,6-10H2,1H3/t12-/m0/s1. The molecular weight excluding hydrogens is 312 g/mol. The van der Waals surface area contributed by atoms with E-state index >= 15 is 0 Å². The third-order valence-electron chi connectivity index (χ3n) is 4.67. The lowest BCUT2D eigenvalue weighted by Gasteiger charge is -2.36. The van der Waals surface area contributed by atoms with Crippen LogP contribution in [0.2, 0.25) is 0 Å². The highest BCUT2D eigenvalue weighted by Crippen LogP contribution is 2.29. The summed E-state index contributed by atoms with van der Waals surface area (Å²) in [5.41, 5.74) is 1.04. The second kappa shape index (κ2) is 5.58. The molecule has 2 saturated heterocycles. The van der Waals surface area contributed by atoms with Crippen LogP contribution in [0.1, 0.15) is 6.42 Å². The summed E-state index contributed by atoms with van der Waals surface area (Å²) in [6.07, 6.45) is 0.316. The van der Waals surface area contributed by atoms with E-state index in [9.17, 15) is 9.59 Å². The van der Waals surface area contributed by atoms with Gasteiger partial charge < -0.3 is 4.90 Å². The highest BCUT2D eigenvalue weighted by molar-refractivity contribution is 7.22. The summed E-state index contributed by atoms with van der Waals surface area (Å²) in [6.45, 7) is 3.24. The van der Waals surface area contributed by atoms with E-state index in [0.29, 0.717) is 6.42 Å². The predicted molar refractivity (Wildman–Crippen MR) is 89.6 cm³/mol. The number of imide groups is 1. The van der Waals surface area contributed by atoms with Gasteiger partial charge in [-0.1, -0.05) is 23.5 Å². The predicted octanol–water partition coefficient (Wildman–Crippen LogP) is 1.18. The Morgan fingerprint density at radius 2 is 1.87 bits per heavy atom. The Kier molecular flexibility index (Phi) is 3.54. The number of rotatable bonds is 2. The number of likely N-dealkylation sites (tertiary alicyclic amines) is 1. The largest absolute Gasteiger partial charge is 0.345 e. The second-order valence-corrected chi connectivity index (χ2v) is 7.01. The number of likely N-dealkylation sites (N-methyl/N-ethyl adjacent to an activating group) is 1. The molecule has 0 aliphatic carbocycles. The molecule has 4 rings (SSSR count). The van der Waals surface area contributed by atoms with Crippen molar-refractivity contribution in [1.29, 1.82) is 0 Å². The summed E-state index contributed by atoms with van der Waals surface area (Å²) < 4.78 is 1.20. The van der Waals surface area contributed by atoms with Gasteiger partial charge in [-0.2, -0.15) is 0 Å². The first kappa shape index (κ1) is 14.6. The Labute approximate surface area is 138 Å². The number of fused-ring (bicyclic) bond motifs is 1. The van der Waals surface area contributed by atoms with Crippen LogP contribution in [-0.4, -0.2) is 65.9 Å². The molecule has 1 atom stereocenters. The first-order chi connectivity index (χ1) is 11.1. The highest BCUT2D eigenvalue weighted by atomic mass is 32.1. The lowest BCUT2D eigenvalue weighted by atomic mass is 10.2. The Balaban J connectivity index is 1.45. The number of amides is 2. The van der Waals surface area contributed by atoms with Crippen molar-refractivity contribution in [3.63, 3.8) is 0 Å². The molecular formula is C16H18N4O2S. The van der Waals surface area contributed by atoms with Crippen molar-refractivity contribution in [3.8, 4) is 0 Å². The van der Waals surface area contributed by atoms with Gasteiger partial charge in [-0.25, -0.2) is 4.98 Å². The number of benzene rings is 1. The van der Waals surface area contributed by atoms with Crippen molar-refractivity contribution >= 4 is 38.5 Å². The van der Waals surface area contributed by atoms with Crippen molar-refractivity contribution in [2.24, 2.45) is 0 Å². The first-order valence-corrected chi connectivity index (χ1v) is 8.60. The van der Waals surface area contributed by atoms with Crippen LogP contribution in [0.4, 0.5) is 5.13 Å². The molecule has 0 unspecified atom stereocenters. The summed E-state index contributed by atoms with van der Waals surface area (Å²) >= 11 is 1.71. The molecule has 2 fully saturated rings. The molecule has 6 nitrogen and oxygen atoms in total. The molecule has 0 spiro atoms. The SMILES string of the molecule is CN1C(=O)C[C@H](N2CCN(c3nc4ccccc4s3)CC2)C1=O. The average Bonchev–Trinajstić information content (AvgIpc) is 3.12. The zero-order valence-electron chi connectivity index (χ0n) is 12.9. The zero-order valence-corrected chi connectivity index (χ0v) is 13.8. The highest BCUT2D eigenvalue weighted by Gasteiger charge is 2.40. The molecule has 2 aromatic rings. The van der Waals surface area contributed by atoms with Crippen molar-refractivity contribution in [2.75, 3.05) is 38.1 Å². The Hall–Kier alpha value is -1.99. The first-order valence-electron chi connectivity index (χ1n) is 7.78. The maximum atomic E-state index is 12.1. The fourth-order valence-corrected chi connectivity index (χ4v) is 4.26. The summed E-state index contributed by atoms with van der Waals surface area (Å²) in [4.78, 5) is 34.2. The number of hydrogen-bond acceptors (Lipinski definition) is 6. The molecule has 120 valence electrons. The normalized spacial score (nSPS) is 23.3. The van der Waals surface area contributed by atoms with Gasteiger partial charge in [-0.3, -0.25) is 19.4 Å². The van der Waals surface area contributed by atoms with Crippen LogP contribution in [-0.2, 0) is 9.59 Å². The number of aromatic nitrogens is 1. The molecule has 0 radical (unpaired) electrons. The van der Waals surface area contributed by atoms with Crippen molar-refractivity contribution in [3.05, 3.63) is 24.3 Å². The number of nitrogens with zero attached hydrogens (tertiary/aromatic N) is 4. The van der Waals surface area contributed by atoms with Crippen molar-refractivity contribution in [2.45, 2.75) is 12.5 Å². The molecule has 2 aliphatic heterocycles. The monoisotopic (exact) mass is 330 g/mol. The molecule has 0 bridgehead atoms. The molecule has 1 aromatic carbocycles. The molecule has 2 amide bonds. The van der Waals surface area contributed by atoms with Crippen molar-refractivity contribution in [1.82, 2.24) is 14.8 Å². The van der Waals surface area contributed by atoms with Gasteiger partial charge in [0.2, 0.25) is 11.8 Å². The summed E-state index contributed by atoms with van der Waals surface area (Å²) in [5.74, 6) is -0.142. The maximum Gasteiger partial charge on any atom is 0.246 e. The Morgan fingerprint density at radius 1 is 1.13 bits per heavy atom. The number of anilines is 1. The molecule has 0 saturated carbocycles. The van der Waals surface area contributed by atoms with E-state index < -0.39 is 0 Å². The number of piperazine rings is 1. The number of hydrogen-bond donors (Lipinski definition) is 0. The van der Waals surface area contributed by atoms with Gasteiger partial charge >= 0.3 is 0 Å². The van der Waals surface area contributed by atoms with Crippen LogP contribution in [0.3, 0.4) is 0 Å². The number of thiazole rings is 1. The van der Waals surface area contributed by atoms with E-state index in [-0.39, 0.29) is 17.9 Å². The van der Waals surface area contributed by atoms with Gasteiger partial charge in [0.05, 0.1) is 22.7 Å². The molecule has 23 heavy (non-hydrogen) atoms. The van der Waals surface area contributed by atoms with Gasteiger partial charge in [0, 0.05) is 33.2 Å². The molecule has 1 aromatic heterocycles. The van der Waals surface area contributed by atoms with E-state index in [2.05, 4.69) is 15.9 Å². The molecule has 3 heterocycles. The topological polar surface area (TPSA) is 56.8 Å². The van der Waals surface area contributed by atoms with E-state index in [1.807, 2.05) is 18.2 Å². The van der Waals surface area contributed by atoms with E-state index in [0.717, 1.165) is 36.8 Å². The quantitative estimate of drug-likeness (QED) is 0.774. The van der Waals surface area contributed by atoms with Crippen molar-refractivity contribution < 1.29 is 9.59 Å². The smallest absolute Gasteiger partial charge is 0.246 e. The number of carbonyl (C=O) groups excluding carboxylic acids is 2. The summed E-state index contributed by atoms with van der Waals surface area (Å²) in [7, 11) is 1.57. The van der Waals surface area contributed by atoms with E-state index in [1.54, 1.807) is 18.4 Å². The van der Waals surface area contributed by atoms with Crippen LogP contribution >= 0.6 is 11.3 Å². The van der Waals surface area contributed by atoms with E-state index in [1.165, 1.54) is 9.60 Å². The minimum Gasteiger partial charge on any atom is -0.345 e. The number of para-hydroxylation sites is 1. The second-order valence-electron chi connectivity index (χ2n) is 6.00. The van der Waals surface area contributed by atoms with Gasteiger partial charge in [0.1, 0.15) is 0 Å². The van der Waals surface area contributed by atoms with E-state index in [4.69, 9.17) is 4.98 Å². The minimum atomic E-state index is -0.273. The van der Waals surface area contributed by atoms with Gasteiger partial charge in [-0.15, -0.1) is 0 Å². The Bertz CT molecular complexity index is 733. The zero-order chi connectivity index (χ0) is 16.0. The minimum absolute atomic E-state index is 0.0663. The summed E-state index contributed by atoms with van der Waals surface area (Å²) in [5, 5.41) is 1.04. The van der Waals surface area contributed by atoms with Gasteiger partial charge in [-0.05, 0) is 12.1 Å². The third kappa shape index (κ3) is 2.49. The van der Waals surface area contributed by atoms with Crippen LogP contribution < -0.4 is 4.90 Å². The lowest BCUT2D eigenvalue weighted by Crippen LogP contribution is -2.52. The van der Waals surface area contributed by atoms with Gasteiger partial charge in [0.25, 0.3) is 0 Å². The summed E-state index contributed by atoms with van der Waals surface area (Å²) in [6, 6.07) is 7.88. The van der Waals surface area contributed by atoms with Crippen LogP contribution in [0.15, 0.2) is 24.3 Å². The fourth-order valence-electron chi connectivity index (χ4n) is 3.24. The Morgan fingerprint density at radius 3 is 2.52 bits per heavy atom. The fraction of sp³-hybridized carbons (Fsp3) is 0.438. The lowest BCUT2D eigenvalue weighted by molar-refractivity contribution is -0.138. The van der Waals surface area contributed by atoms with Crippen LogP contribution in [0.5, 0.6) is 0 Å². The number of carbonyl (C=O) groups is 2. The van der Waals surface area contributed by atoms with Crippen LogP contribution in [0, 0.1) is 0 Å². The van der Waals surface area contributed by atoms with Gasteiger partial charge in [0.15, 0.2) is 5.13 Å².